The Bertz CT molecular complexity index is 938. The van der Waals surface area contributed by atoms with Gasteiger partial charge in [0.25, 0.3) is 0 Å². The summed E-state index contributed by atoms with van der Waals surface area (Å²) in [6.45, 7) is 2.59. The zero-order chi connectivity index (χ0) is 19.1. The topological polar surface area (TPSA) is 54.0 Å². The van der Waals surface area contributed by atoms with E-state index in [0.717, 1.165) is 46.6 Å². The minimum atomic E-state index is 0.0751. The lowest BCUT2D eigenvalue weighted by molar-refractivity contribution is -0.113. The molecule has 5 heteroatoms. The lowest BCUT2D eigenvalue weighted by Gasteiger charge is -2.23. The summed E-state index contributed by atoms with van der Waals surface area (Å²) in [5, 5.41) is 0. The van der Waals surface area contributed by atoms with E-state index in [2.05, 4.69) is 6.92 Å². The second-order valence-corrected chi connectivity index (χ2v) is 7.34. The molecule has 1 aliphatic carbocycles. The Hall–Kier alpha value is -3.21. The van der Waals surface area contributed by atoms with Crippen LogP contribution in [0.25, 0.3) is 12.2 Å². The van der Waals surface area contributed by atoms with Crippen molar-refractivity contribution in [1.82, 2.24) is 0 Å². The van der Waals surface area contributed by atoms with Crippen LogP contribution < -0.4 is 18.9 Å². The molecule has 2 aliphatic heterocycles. The first kappa shape index (κ1) is 16.9. The first-order valence-corrected chi connectivity index (χ1v) is 9.42. The number of Topliss-reactive ketones (excluding diaryl/α,β-unsaturated/α-hetero) is 1. The molecule has 2 aromatic rings. The van der Waals surface area contributed by atoms with Crippen LogP contribution in [0.5, 0.6) is 23.0 Å². The summed E-state index contributed by atoms with van der Waals surface area (Å²) in [7, 11) is 0. The van der Waals surface area contributed by atoms with Gasteiger partial charge in [-0.3, -0.25) is 4.79 Å². The summed E-state index contributed by atoms with van der Waals surface area (Å²) in [5.41, 5.74) is 3.34. The minimum absolute atomic E-state index is 0.0751. The Labute approximate surface area is 163 Å². The molecule has 0 spiro atoms. The van der Waals surface area contributed by atoms with Gasteiger partial charge in [0.05, 0.1) is 0 Å². The van der Waals surface area contributed by atoms with Crippen molar-refractivity contribution in [2.24, 2.45) is 5.92 Å². The van der Waals surface area contributed by atoms with Crippen molar-refractivity contribution in [2.75, 3.05) is 13.6 Å². The fourth-order valence-electron chi connectivity index (χ4n) is 3.97. The maximum Gasteiger partial charge on any atom is 0.231 e. The Morgan fingerprint density at radius 1 is 0.786 bits per heavy atom. The van der Waals surface area contributed by atoms with Crippen LogP contribution in [0, 0.1) is 5.92 Å². The van der Waals surface area contributed by atoms with Crippen LogP contribution in [0.15, 0.2) is 47.5 Å². The highest BCUT2D eigenvalue weighted by Gasteiger charge is 2.27. The molecule has 2 heterocycles. The van der Waals surface area contributed by atoms with E-state index in [-0.39, 0.29) is 19.4 Å². The van der Waals surface area contributed by atoms with E-state index in [9.17, 15) is 4.79 Å². The van der Waals surface area contributed by atoms with Crippen LogP contribution in [0.1, 0.15) is 30.9 Å². The van der Waals surface area contributed by atoms with Gasteiger partial charge >= 0.3 is 0 Å². The molecule has 0 aromatic heterocycles. The Kier molecular flexibility index (Phi) is 4.08. The average Bonchev–Trinajstić information content (AvgIpc) is 3.35. The van der Waals surface area contributed by atoms with Crippen molar-refractivity contribution in [1.29, 1.82) is 0 Å². The Morgan fingerprint density at radius 3 is 1.79 bits per heavy atom. The third-order valence-corrected chi connectivity index (χ3v) is 5.23. The third-order valence-electron chi connectivity index (χ3n) is 5.23. The van der Waals surface area contributed by atoms with Gasteiger partial charge < -0.3 is 18.9 Å². The van der Waals surface area contributed by atoms with E-state index < -0.39 is 0 Å². The number of para-hydroxylation sites is 2. The van der Waals surface area contributed by atoms with Crippen molar-refractivity contribution >= 4 is 17.9 Å². The highest BCUT2D eigenvalue weighted by molar-refractivity contribution is 6.14. The number of hydrogen-bond donors (Lipinski definition) is 0. The first-order chi connectivity index (χ1) is 13.7. The molecular weight excluding hydrogens is 356 g/mol. The smallest absolute Gasteiger partial charge is 0.231 e. The molecule has 142 valence electrons. The van der Waals surface area contributed by atoms with E-state index in [1.54, 1.807) is 0 Å². The predicted octanol–water partition coefficient (Wildman–Crippen LogP) is 4.61. The van der Waals surface area contributed by atoms with Gasteiger partial charge in [0.2, 0.25) is 13.6 Å². The second kappa shape index (κ2) is 6.75. The van der Waals surface area contributed by atoms with Gasteiger partial charge in [0.15, 0.2) is 28.8 Å². The third kappa shape index (κ3) is 2.93. The number of allylic oxidation sites excluding steroid dienone is 2. The highest BCUT2D eigenvalue weighted by atomic mass is 16.7. The molecule has 0 radical (unpaired) electrons. The van der Waals surface area contributed by atoms with Crippen LogP contribution in [0.2, 0.25) is 0 Å². The van der Waals surface area contributed by atoms with Crippen molar-refractivity contribution in [2.45, 2.75) is 19.8 Å². The van der Waals surface area contributed by atoms with E-state index in [0.29, 0.717) is 17.4 Å². The lowest BCUT2D eigenvalue weighted by atomic mass is 9.80. The molecule has 0 amide bonds. The summed E-state index contributed by atoms with van der Waals surface area (Å²) < 4.78 is 22.1. The number of ether oxygens (including phenoxy) is 4. The fourth-order valence-corrected chi connectivity index (χ4v) is 3.97. The second-order valence-electron chi connectivity index (χ2n) is 7.34. The molecule has 0 N–H and O–H groups in total. The maximum atomic E-state index is 13.2. The van der Waals surface area contributed by atoms with Crippen molar-refractivity contribution < 1.29 is 23.7 Å². The largest absolute Gasteiger partial charge is 0.454 e. The summed E-state index contributed by atoms with van der Waals surface area (Å²) >= 11 is 0. The molecular formula is C23H20O5. The number of rotatable bonds is 2. The molecule has 5 nitrogen and oxygen atoms in total. The Balaban J connectivity index is 1.52. The number of hydrogen-bond acceptors (Lipinski definition) is 5. The van der Waals surface area contributed by atoms with Crippen LogP contribution in [-0.4, -0.2) is 19.4 Å². The molecule has 0 bridgehead atoms. The molecule has 28 heavy (non-hydrogen) atoms. The van der Waals surface area contributed by atoms with Gasteiger partial charge in [-0.1, -0.05) is 31.2 Å². The van der Waals surface area contributed by atoms with Gasteiger partial charge in [-0.2, -0.15) is 0 Å². The Morgan fingerprint density at radius 2 is 1.29 bits per heavy atom. The summed E-state index contributed by atoms with van der Waals surface area (Å²) in [6.07, 6.45) is 5.36. The molecule has 5 rings (SSSR count). The van der Waals surface area contributed by atoms with Crippen LogP contribution in [0.3, 0.4) is 0 Å². The van der Waals surface area contributed by atoms with Gasteiger partial charge in [-0.05, 0) is 43.0 Å². The molecule has 3 aliphatic rings. The molecule has 0 atom stereocenters. The average molecular weight is 376 g/mol. The number of ketones is 1. The van der Waals surface area contributed by atoms with Crippen molar-refractivity contribution in [3.8, 4) is 23.0 Å². The molecule has 0 saturated heterocycles. The van der Waals surface area contributed by atoms with Crippen molar-refractivity contribution in [3.05, 3.63) is 58.7 Å². The van der Waals surface area contributed by atoms with E-state index >= 15 is 0 Å². The maximum absolute atomic E-state index is 13.2. The van der Waals surface area contributed by atoms with E-state index in [4.69, 9.17) is 18.9 Å². The number of carbonyl (C=O) groups is 1. The summed E-state index contributed by atoms with van der Waals surface area (Å²) in [5.74, 6) is 3.30. The quantitative estimate of drug-likeness (QED) is 0.717. The zero-order valence-corrected chi connectivity index (χ0v) is 15.6. The predicted molar refractivity (Wildman–Crippen MR) is 104 cm³/mol. The van der Waals surface area contributed by atoms with Gasteiger partial charge in [0.1, 0.15) is 0 Å². The zero-order valence-electron chi connectivity index (χ0n) is 15.6. The van der Waals surface area contributed by atoms with Crippen LogP contribution >= 0.6 is 0 Å². The number of carbonyl (C=O) groups excluding carboxylic acids is 1. The fraction of sp³-hybridized carbons (Fsp3) is 0.261. The van der Waals surface area contributed by atoms with Gasteiger partial charge in [0, 0.05) is 22.3 Å². The van der Waals surface area contributed by atoms with Gasteiger partial charge in [-0.25, -0.2) is 0 Å². The molecule has 1 fully saturated rings. The van der Waals surface area contributed by atoms with E-state index in [1.165, 1.54) is 0 Å². The number of benzene rings is 2. The van der Waals surface area contributed by atoms with Crippen molar-refractivity contribution in [3.63, 3.8) is 0 Å². The molecule has 1 saturated carbocycles. The summed E-state index contributed by atoms with van der Waals surface area (Å²) in [4.78, 5) is 13.2. The monoisotopic (exact) mass is 376 g/mol. The normalized spacial score (nSPS) is 22.9. The van der Waals surface area contributed by atoms with E-state index in [1.807, 2.05) is 48.6 Å². The first-order valence-electron chi connectivity index (χ1n) is 9.42. The minimum Gasteiger partial charge on any atom is -0.454 e. The molecule has 2 aromatic carbocycles. The molecule has 0 unspecified atom stereocenters. The lowest BCUT2D eigenvalue weighted by Crippen LogP contribution is -2.18. The highest BCUT2D eigenvalue weighted by Crippen LogP contribution is 2.40. The van der Waals surface area contributed by atoms with Crippen LogP contribution in [0.4, 0.5) is 0 Å². The van der Waals surface area contributed by atoms with Crippen LogP contribution in [-0.2, 0) is 4.79 Å². The number of fused-ring (bicyclic) bond motifs is 2. The van der Waals surface area contributed by atoms with Gasteiger partial charge in [-0.15, -0.1) is 0 Å². The standard InChI is InChI=1S/C23H20O5/c1-14-8-17(10-15-4-2-6-19-22(15)27-12-25-19)21(24)18(9-14)11-16-5-3-7-20-23(16)28-13-26-20/h2-7,10-11,14H,8-9,12-13H2,1H3/b17-10+,18-11+. The SMILES string of the molecule is CC1C/C(=C\c2cccc3c2OCO3)C(=O)/C(=C/c2cccc3c2OCO3)C1. The summed E-state index contributed by atoms with van der Waals surface area (Å²) in [6, 6.07) is 11.5.